The maximum absolute atomic E-state index is 11.5. The second-order valence-corrected chi connectivity index (χ2v) is 4.67. The van der Waals surface area contributed by atoms with Crippen molar-refractivity contribution in [2.24, 2.45) is 0 Å². The van der Waals surface area contributed by atoms with Gasteiger partial charge in [-0.2, -0.15) is 0 Å². The SMILES string of the molecule is O=C(NCCC=Cc1cc[nH]c(=O)c1)OCc1ccccc1. The van der Waals surface area contributed by atoms with Crippen molar-refractivity contribution in [3.05, 3.63) is 76.2 Å². The van der Waals surface area contributed by atoms with Crippen LogP contribution in [0.2, 0.25) is 0 Å². The second kappa shape index (κ2) is 8.46. The first-order valence-electron chi connectivity index (χ1n) is 7.04. The minimum atomic E-state index is -0.437. The molecular weight excluding hydrogens is 280 g/mol. The summed E-state index contributed by atoms with van der Waals surface area (Å²) in [6.45, 7) is 0.739. The second-order valence-electron chi connectivity index (χ2n) is 4.67. The molecule has 2 N–H and O–H groups in total. The number of hydrogen-bond acceptors (Lipinski definition) is 3. The highest BCUT2D eigenvalue weighted by Gasteiger charge is 2.00. The zero-order chi connectivity index (χ0) is 15.6. The summed E-state index contributed by atoms with van der Waals surface area (Å²) < 4.78 is 5.09. The van der Waals surface area contributed by atoms with Gasteiger partial charge in [-0.05, 0) is 23.6 Å². The highest BCUT2D eigenvalue weighted by Crippen LogP contribution is 2.01. The zero-order valence-corrected chi connectivity index (χ0v) is 12.1. The van der Waals surface area contributed by atoms with Gasteiger partial charge >= 0.3 is 6.09 Å². The van der Waals surface area contributed by atoms with Crippen molar-refractivity contribution < 1.29 is 9.53 Å². The van der Waals surface area contributed by atoms with Crippen LogP contribution in [0, 0.1) is 0 Å². The molecule has 0 aliphatic rings. The third-order valence-corrected chi connectivity index (χ3v) is 2.90. The number of H-pyrrole nitrogens is 1. The maximum atomic E-state index is 11.5. The predicted octanol–water partition coefficient (Wildman–Crippen LogP) is 2.70. The summed E-state index contributed by atoms with van der Waals surface area (Å²) in [4.78, 5) is 25.1. The van der Waals surface area contributed by atoms with E-state index >= 15 is 0 Å². The van der Waals surface area contributed by atoms with E-state index in [2.05, 4.69) is 10.3 Å². The van der Waals surface area contributed by atoms with Gasteiger partial charge in [-0.1, -0.05) is 42.5 Å². The number of hydrogen-bond donors (Lipinski definition) is 2. The van der Waals surface area contributed by atoms with Crippen molar-refractivity contribution in [3.8, 4) is 0 Å². The summed E-state index contributed by atoms with van der Waals surface area (Å²) in [7, 11) is 0. The summed E-state index contributed by atoms with van der Waals surface area (Å²) in [6.07, 6.45) is 5.56. The van der Waals surface area contributed by atoms with Crippen LogP contribution in [0.15, 0.2) is 59.5 Å². The number of benzene rings is 1. The number of alkyl carbamates (subject to hydrolysis) is 1. The Morgan fingerprint density at radius 1 is 1.23 bits per heavy atom. The number of ether oxygens (including phenoxy) is 1. The summed E-state index contributed by atoms with van der Waals surface area (Å²) in [6, 6.07) is 12.8. The Balaban J connectivity index is 1.64. The molecule has 1 aromatic heterocycles. The van der Waals surface area contributed by atoms with Gasteiger partial charge in [0.1, 0.15) is 6.61 Å². The van der Waals surface area contributed by atoms with Gasteiger partial charge in [-0.3, -0.25) is 4.79 Å². The molecule has 5 heteroatoms. The monoisotopic (exact) mass is 298 g/mol. The van der Waals surface area contributed by atoms with E-state index in [-0.39, 0.29) is 12.2 Å². The fourth-order valence-electron chi connectivity index (χ4n) is 1.82. The molecule has 0 saturated heterocycles. The van der Waals surface area contributed by atoms with Gasteiger partial charge in [0.15, 0.2) is 0 Å². The molecule has 1 amide bonds. The number of pyridine rings is 1. The maximum Gasteiger partial charge on any atom is 0.407 e. The molecule has 2 aromatic rings. The van der Waals surface area contributed by atoms with E-state index in [1.807, 2.05) is 42.5 Å². The lowest BCUT2D eigenvalue weighted by molar-refractivity contribution is 0.140. The molecule has 0 aliphatic heterocycles. The highest BCUT2D eigenvalue weighted by atomic mass is 16.5. The first-order chi connectivity index (χ1) is 10.7. The van der Waals surface area contributed by atoms with Gasteiger partial charge in [0.2, 0.25) is 5.56 Å². The summed E-state index contributed by atoms with van der Waals surface area (Å²) >= 11 is 0. The summed E-state index contributed by atoms with van der Waals surface area (Å²) in [5.74, 6) is 0. The number of rotatable bonds is 6. The van der Waals surface area contributed by atoms with Gasteiger partial charge in [-0.25, -0.2) is 4.79 Å². The molecule has 0 radical (unpaired) electrons. The van der Waals surface area contributed by atoms with E-state index in [1.54, 1.807) is 12.3 Å². The van der Waals surface area contributed by atoms with Gasteiger partial charge in [-0.15, -0.1) is 0 Å². The number of carbonyl (C=O) groups is 1. The lowest BCUT2D eigenvalue weighted by atomic mass is 10.2. The van der Waals surface area contributed by atoms with Crippen LogP contribution in [0.25, 0.3) is 6.08 Å². The van der Waals surface area contributed by atoms with Crippen molar-refractivity contribution in [1.82, 2.24) is 10.3 Å². The lowest BCUT2D eigenvalue weighted by Gasteiger charge is -2.05. The Morgan fingerprint density at radius 2 is 2.05 bits per heavy atom. The summed E-state index contributed by atoms with van der Waals surface area (Å²) in [5.41, 5.74) is 1.65. The highest BCUT2D eigenvalue weighted by molar-refractivity contribution is 5.67. The quantitative estimate of drug-likeness (QED) is 0.805. The first-order valence-corrected chi connectivity index (χ1v) is 7.04. The van der Waals surface area contributed by atoms with Crippen molar-refractivity contribution in [1.29, 1.82) is 0 Å². The van der Waals surface area contributed by atoms with Crippen LogP contribution in [-0.4, -0.2) is 17.6 Å². The van der Waals surface area contributed by atoms with Gasteiger partial charge in [0, 0.05) is 18.8 Å². The predicted molar refractivity (Wildman–Crippen MR) is 85.3 cm³/mol. The molecule has 0 unspecified atom stereocenters. The molecule has 0 saturated carbocycles. The van der Waals surface area contributed by atoms with Crippen molar-refractivity contribution >= 4 is 12.2 Å². The van der Waals surface area contributed by atoms with Crippen LogP contribution in [-0.2, 0) is 11.3 Å². The van der Waals surface area contributed by atoms with Crippen molar-refractivity contribution in [2.75, 3.05) is 6.54 Å². The number of aromatic nitrogens is 1. The largest absolute Gasteiger partial charge is 0.445 e. The molecule has 1 heterocycles. The molecular formula is C17H18N2O3. The first kappa shape index (κ1) is 15.6. The molecule has 22 heavy (non-hydrogen) atoms. The van der Waals surface area contributed by atoms with Crippen LogP contribution in [0.3, 0.4) is 0 Å². The van der Waals surface area contributed by atoms with E-state index in [9.17, 15) is 9.59 Å². The summed E-state index contributed by atoms with van der Waals surface area (Å²) in [5, 5.41) is 2.67. The van der Waals surface area contributed by atoms with Gasteiger partial charge in [0.05, 0.1) is 0 Å². The fourth-order valence-corrected chi connectivity index (χ4v) is 1.82. The van der Waals surface area contributed by atoms with E-state index in [0.29, 0.717) is 13.0 Å². The van der Waals surface area contributed by atoms with Crippen LogP contribution in [0.5, 0.6) is 0 Å². The smallest absolute Gasteiger partial charge is 0.407 e. The molecule has 1 aromatic carbocycles. The van der Waals surface area contributed by atoms with Crippen LogP contribution >= 0.6 is 0 Å². The zero-order valence-electron chi connectivity index (χ0n) is 12.1. The topological polar surface area (TPSA) is 71.2 Å². The average Bonchev–Trinajstić information content (AvgIpc) is 2.54. The molecule has 0 spiro atoms. The molecule has 5 nitrogen and oxygen atoms in total. The van der Waals surface area contributed by atoms with Crippen molar-refractivity contribution in [2.45, 2.75) is 13.0 Å². The number of nitrogens with one attached hydrogen (secondary N) is 2. The number of aromatic amines is 1. The molecule has 0 aliphatic carbocycles. The lowest BCUT2D eigenvalue weighted by Crippen LogP contribution is -2.24. The third kappa shape index (κ3) is 5.66. The number of amides is 1. The van der Waals surface area contributed by atoms with E-state index in [1.165, 1.54) is 6.07 Å². The fraction of sp³-hybridized carbons (Fsp3) is 0.176. The minimum absolute atomic E-state index is 0.134. The molecule has 0 atom stereocenters. The van der Waals surface area contributed by atoms with Gasteiger partial charge in [0.25, 0.3) is 0 Å². The molecule has 2 rings (SSSR count). The Hall–Kier alpha value is -2.82. The molecule has 0 bridgehead atoms. The van der Waals surface area contributed by atoms with Gasteiger partial charge < -0.3 is 15.0 Å². The minimum Gasteiger partial charge on any atom is -0.445 e. The Kier molecular flexibility index (Phi) is 5.99. The normalized spacial score (nSPS) is 10.5. The van der Waals surface area contributed by atoms with Crippen LogP contribution < -0.4 is 10.9 Å². The van der Waals surface area contributed by atoms with Crippen LogP contribution in [0.4, 0.5) is 4.79 Å². The van der Waals surface area contributed by atoms with E-state index < -0.39 is 6.09 Å². The Bertz CT molecular complexity index is 678. The van der Waals surface area contributed by atoms with E-state index in [0.717, 1.165) is 11.1 Å². The number of carbonyl (C=O) groups excluding carboxylic acids is 1. The molecule has 114 valence electrons. The standard InChI is InChI=1S/C17H18N2O3/c20-16-12-14(9-11-18-16)6-4-5-10-19-17(21)22-13-15-7-2-1-3-8-15/h1-4,6-9,11-12H,5,10,13H2,(H,18,20)(H,19,21). The van der Waals surface area contributed by atoms with Crippen molar-refractivity contribution in [3.63, 3.8) is 0 Å². The Morgan fingerprint density at radius 3 is 2.82 bits per heavy atom. The third-order valence-electron chi connectivity index (χ3n) is 2.90. The molecule has 0 fully saturated rings. The average molecular weight is 298 g/mol. The van der Waals surface area contributed by atoms with E-state index in [4.69, 9.17) is 4.74 Å². The van der Waals surface area contributed by atoms with Crippen LogP contribution in [0.1, 0.15) is 17.5 Å². The Labute approximate surface area is 128 Å².